The molecule has 0 atom stereocenters. The summed E-state index contributed by atoms with van der Waals surface area (Å²) in [5, 5.41) is 5.13. The van der Waals surface area contributed by atoms with Gasteiger partial charge in [0.15, 0.2) is 0 Å². The molecule has 3 rings (SSSR count). The normalized spacial score (nSPS) is 15.8. The van der Waals surface area contributed by atoms with Crippen LogP contribution < -0.4 is 5.32 Å². The van der Waals surface area contributed by atoms with Gasteiger partial charge in [-0.3, -0.25) is 14.7 Å². The lowest BCUT2D eigenvalue weighted by Gasteiger charge is -2.14. The zero-order valence-electron chi connectivity index (χ0n) is 10.8. The third kappa shape index (κ3) is 2.90. The van der Waals surface area contributed by atoms with E-state index in [2.05, 4.69) is 15.2 Å². The number of anilines is 1. The third-order valence-corrected chi connectivity index (χ3v) is 3.49. The highest BCUT2D eigenvalue weighted by molar-refractivity contribution is 5.95. The lowest BCUT2D eigenvalue weighted by Crippen LogP contribution is -2.30. The molecule has 0 spiro atoms. The second-order valence-corrected chi connectivity index (χ2v) is 4.97. The van der Waals surface area contributed by atoms with Crippen LogP contribution in [-0.4, -0.2) is 35.4 Å². The fourth-order valence-electron chi connectivity index (χ4n) is 2.51. The Morgan fingerprint density at radius 1 is 1.21 bits per heavy atom. The van der Waals surface area contributed by atoms with Gasteiger partial charge in [-0.05, 0) is 49.5 Å². The zero-order valence-corrected chi connectivity index (χ0v) is 10.8. The molecule has 2 aromatic rings. The minimum Gasteiger partial charge on any atom is -0.325 e. The number of benzene rings is 1. The molecule has 1 aromatic carbocycles. The van der Waals surface area contributed by atoms with Crippen LogP contribution in [0.4, 0.5) is 5.69 Å². The Morgan fingerprint density at radius 2 is 2.05 bits per heavy atom. The number of nitrogens with zero attached hydrogens (tertiary/aromatic N) is 2. The summed E-state index contributed by atoms with van der Waals surface area (Å²) in [7, 11) is 0. The predicted molar refractivity (Wildman–Crippen MR) is 76.0 cm³/mol. The van der Waals surface area contributed by atoms with Gasteiger partial charge >= 0.3 is 0 Å². The highest BCUT2D eigenvalue weighted by Crippen LogP contribution is 2.18. The summed E-state index contributed by atoms with van der Waals surface area (Å²) in [6.07, 6.45) is 6.00. The van der Waals surface area contributed by atoms with Crippen LogP contribution >= 0.6 is 0 Å². The number of hydrogen-bond acceptors (Lipinski definition) is 3. The maximum Gasteiger partial charge on any atom is 0.238 e. The van der Waals surface area contributed by atoms with Gasteiger partial charge in [-0.15, -0.1) is 0 Å². The van der Waals surface area contributed by atoms with E-state index in [4.69, 9.17) is 0 Å². The van der Waals surface area contributed by atoms with Gasteiger partial charge in [0, 0.05) is 23.5 Å². The number of amides is 1. The molecule has 2 heterocycles. The number of pyridine rings is 1. The van der Waals surface area contributed by atoms with E-state index >= 15 is 0 Å². The van der Waals surface area contributed by atoms with Crippen LogP contribution in [0.5, 0.6) is 0 Å². The second kappa shape index (κ2) is 5.36. The Hall–Kier alpha value is -1.94. The first kappa shape index (κ1) is 12.1. The summed E-state index contributed by atoms with van der Waals surface area (Å²) in [4.78, 5) is 18.2. The number of aromatic nitrogens is 1. The Bertz CT molecular complexity index is 591. The number of fused-ring (bicyclic) bond motifs is 1. The quantitative estimate of drug-likeness (QED) is 0.915. The van der Waals surface area contributed by atoms with Gasteiger partial charge in [-0.2, -0.15) is 0 Å². The van der Waals surface area contributed by atoms with Gasteiger partial charge < -0.3 is 5.32 Å². The zero-order chi connectivity index (χ0) is 13.1. The Balaban J connectivity index is 1.68. The van der Waals surface area contributed by atoms with E-state index in [1.165, 1.54) is 12.8 Å². The average Bonchev–Trinajstić information content (AvgIpc) is 2.91. The molecule has 19 heavy (non-hydrogen) atoms. The van der Waals surface area contributed by atoms with Gasteiger partial charge in [0.2, 0.25) is 5.91 Å². The van der Waals surface area contributed by atoms with Crippen molar-refractivity contribution < 1.29 is 4.79 Å². The van der Waals surface area contributed by atoms with Crippen molar-refractivity contribution in [3.8, 4) is 0 Å². The van der Waals surface area contributed by atoms with Crippen molar-refractivity contribution in [2.75, 3.05) is 25.0 Å². The molecule has 1 aliphatic rings. The van der Waals surface area contributed by atoms with Gasteiger partial charge in [-0.25, -0.2) is 0 Å². The predicted octanol–water partition coefficient (Wildman–Crippen LogP) is 2.27. The topological polar surface area (TPSA) is 45.2 Å². The van der Waals surface area contributed by atoms with Crippen LogP contribution in [0.1, 0.15) is 12.8 Å². The number of hydrogen-bond donors (Lipinski definition) is 1. The molecule has 1 N–H and O–H groups in total. The molecule has 1 amide bonds. The molecule has 0 radical (unpaired) electrons. The molecule has 0 saturated carbocycles. The van der Waals surface area contributed by atoms with E-state index < -0.39 is 0 Å². The maximum atomic E-state index is 11.9. The molecule has 4 heteroatoms. The summed E-state index contributed by atoms with van der Waals surface area (Å²) in [5.74, 6) is 0.0651. The molecule has 1 aromatic heterocycles. The van der Waals surface area contributed by atoms with E-state index in [0.717, 1.165) is 29.5 Å². The van der Waals surface area contributed by atoms with E-state index in [-0.39, 0.29) is 5.91 Å². The van der Waals surface area contributed by atoms with Crippen LogP contribution in [0.3, 0.4) is 0 Å². The van der Waals surface area contributed by atoms with Crippen molar-refractivity contribution >= 4 is 22.4 Å². The summed E-state index contributed by atoms with van der Waals surface area (Å²) < 4.78 is 0. The van der Waals surface area contributed by atoms with Gasteiger partial charge in [0.25, 0.3) is 0 Å². The summed E-state index contributed by atoms with van der Waals surface area (Å²) in [6.45, 7) is 2.57. The SMILES string of the molecule is O=C(CN1CCCC1)Nc1ccc2cnccc2c1. The molecule has 0 aliphatic carbocycles. The highest BCUT2D eigenvalue weighted by Gasteiger charge is 2.14. The van der Waals surface area contributed by atoms with Crippen molar-refractivity contribution in [2.45, 2.75) is 12.8 Å². The standard InChI is InChI=1S/C15H17N3O/c19-15(11-18-7-1-2-8-18)17-14-4-3-13-10-16-6-5-12(13)9-14/h3-6,9-10H,1-2,7-8,11H2,(H,17,19). The fourth-order valence-corrected chi connectivity index (χ4v) is 2.51. The Labute approximate surface area is 112 Å². The van der Waals surface area contributed by atoms with Crippen molar-refractivity contribution in [2.24, 2.45) is 0 Å². The second-order valence-electron chi connectivity index (χ2n) is 4.97. The molecule has 1 saturated heterocycles. The lowest BCUT2D eigenvalue weighted by molar-refractivity contribution is -0.117. The minimum absolute atomic E-state index is 0.0651. The van der Waals surface area contributed by atoms with E-state index in [0.29, 0.717) is 6.54 Å². The largest absolute Gasteiger partial charge is 0.325 e. The van der Waals surface area contributed by atoms with E-state index in [1.807, 2.05) is 30.5 Å². The molecule has 1 aliphatic heterocycles. The number of carbonyl (C=O) groups is 1. The number of rotatable bonds is 3. The minimum atomic E-state index is 0.0651. The summed E-state index contributed by atoms with van der Waals surface area (Å²) in [5.41, 5.74) is 0.850. The Kier molecular flexibility index (Phi) is 3.42. The molecule has 0 unspecified atom stereocenters. The van der Waals surface area contributed by atoms with Gasteiger partial charge in [-0.1, -0.05) is 6.07 Å². The first-order valence-corrected chi connectivity index (χ1v) is 6.67. The molecular formula is C15H17N3O. The van der Waals surface area contributed by atoms with E-state index in [9.17, 15) is 4.79 Å². The van der Waals surface area contributed by atoms with Crippen LogP contribution in [0.25, 0.3) is 10.8 Å². The number of likely N-dealkylation sites (tertiary alicyclic amines) is 1. The third-order valence-electron chi connectivity index (χ3n) is 3.49. The molecule has 1 fully saturated rings. The lowest BCUT2D eigenvalue weighted by atomic mass is 10.1. The first-order chi connectivity index (χ1) is 9.31. The summed E-state index contributed by atoms with van der Waals surface area (Å²) >= 11 is 0. The molecule has 4 nitrogen and oxygen atoms in total. The van der Waals surface area contributed by atoms with Crippen LogP contribution in [-0.2, 0) is 4.79 Å². The number of carbonyl (C=O) groups excluding carboxylic acids is 1. The van der Waals surface area contributed by atoms with Crippen LogP contribution in [0.15, 0.2) is 36.7 Å². The van der Waals surface area contributed by atoms with Crippen LogP contribution in [0.2, 0.25) is 0 Å². The van der Waals surface area contributed by atoms with Crippen molar-refractivity contribution in [1.29, 1.82) is 0 Å². The number of nitrogens with one attached hydrogen (secondary N) is 1. The monoisotopic (exact) mass is 255 g/mol. The van der Waals surface area contributed by atoms with Gasteiger partial charge in [0.05, 0.1) is 6.54 Å². The fraction of sp³-hybridized carbons (Fsp3) is 0.333. The highest BCUT2D eigenvalue weighted by atomic mass is 16.2. The Morgan fingerprint density at radius 3 is 2.89 bits per heavy atom. The van der Waals surface area contributed by atoms with E-state index in [1.54, 1.807) is 6.20 Å². The molecule has 0 bridgehead atoms. The molecule has 98 valence electrons. The maximum absolute atomic E-state index is 11.9. The van der Waals surface area contributed by atoms with Crippen molar-refractivity contribution in [1.82, 2.24) is 9.88 Å². The first-order valence-electron chi connectivity index (χ1n) is 6.67. The average molecular weight is 255 g/mol. The smallest absolute Gasteiger partial charge is 0.238 e. The molecular weight excluding hydrogens is 238 g/mol. The van der Waals surface area contributed by atoms with Crippen molar-refractivity contribution in [3.63, 3.8) is 0 Å². The van der Waals surface area contributed by atoms with Crippen molar-refractivity contribution in [3.05, 3.63) is 36.7 Å². The van der Waals surface area contributed by atoms with Crippen LogP contribution in [0, 0.1) is 0 Å². The van der Waals surface area contributed by atoms with Gasteiger partial charge in [0.1, 0.15) is 0 Å². The summed E-state index contributed by atoms with van der Waals surface area (Å²) in [6, 6.07) is 7.84.